The van der Waals surface area contributed by atoms with Crippen molar-refractivity contribution < 1.29 is 9.26 Å². The van der Waals surface area contributed by atoms with Gasteiger partial charge in [0.1, 0.15) is 6.61 Å². The van der Waals surface area contributed by atoms with E-state index < -0.39 is 0 Å². The molecule has 0 saturated heterocycles. The first-order chi connectivity index (χ1) is 5.86. The van der Waals surface area contributed by atoms with E-state index in [1.807, 2.05) is 6.92 Å². The number of nitrogens with two attached hydrogens (primary N) is 1. The van der Waals surface area contributed by atoms with Crippen LogP contribution in [0, 0.1) is 0 Å². The number of rotatable bonds is 5. The van der Waals surface area contributed by atoms with Crippen LogP contribution >= 0.6 is 0 Å². The molecule has 68 valence electrons. The van der Waals surface area contributed by atoms with E-state index in [1.54, 1.807) is 0 Å². The Hall–Kier alpha value is -0.940. The molecule has 0 bridgehead atoms. The van der Waals surface area contributed by atoms with E-state index in [0.717, 1.165) is 6.42 Å². The highest BCUT2D eigenvalue weighted by atomic mass is 16.5. The van der Waals surface area contributed by atoms with Crippen molar-refractivity contribution in [2.45, 2.75) is 20.0 Å². The maximum absolute atomic E-state index is 5.23. The molecule has 0 aromatic carbocycles. The van der Waals surface area contributed by atoms with Gasteiger partial charge in [0.15, 0.2) is 5.82 Å². The Morgan fingerprint density at radius 1 is 1.58 bits per heavy atom. The van der Waals surface area contributed by atoms with Gasteiger partial charge >= 0.3 is 0 Å². The van der Waals surface area contributed by atoms with Crippen molar-refractivity contribution in [2.24, 2.45) is 5.73 Å². The van der Waals surface area contributed by atoms with Crippen LogP contribution in [-0.2, 0) is 17.8 Å². The molecule has 0 amide bonds. The molecule has 0 fully saturated rings. The lowest BCUT2D eigenvalue weighted by Crippen LogP contribution is -2.08. The third kappa shape index (κ3) is 2.60. The predicted octanol–water partition coefficient (Wildman–Crippen LogP) is 0.107. The number of aromatic nitrogens is 2. The Morgan fingerprint density at radius 3 is 3.00 bits per heavy atom. The molecule has 0 aliphatic heterocycles. The summed E-state index contributed by atoms with van der Waals surface area (Å²) in [6.45, 7) is 3.37. The Balaban J connectivity index is 2.31. The van der Waals surface area contributed by atoms with Crippen LogP contribution in [-0.4, -0.2) is 23.3 Å². The summed E-state index contributed by atoms with van der Waals surface area (Å²) >= 11 is 0. The second kappa shape index (κ2) is 4.84. The van der Waals surface area contributed by atoms with E-state index in [4.69, 9.17) is 15.0 Å². The molecule has 0 aliphatic rings. The second-order valence-corrected chi connectivity index (χ2v) is 2.30. The van der Waals surface area contributed by atoms with Crippen molar-refractivity contribution in [2.75, 3.05) is 13.2 Å². The van der Waals surface area contributed by atoms with E-state index in [0.29, 0.717) is 31.5 Å². The average Bonchev–Trinajstić information content (AvgIpc) is 2.53. The molecule has 0 atom stereocenters. The van der Waals surface area contributed by atoms with Gasteiger partial charge in [-0.15, -0.1) is 0 Å². The molecule has 1 rings (SSSR count). The molecule has 1 heterocycles. The average molecular weight is 171 g/mol. The highest BCUT2D eigenvalue weighted by molar-refractivity contribution is 4.83. The van der Waals surface area contributed by atoms with Crippen LogP contribution in [0.1, 0.15) is 18.6 Å². The SMILES string of the molecule is CCc1nc(COCCN)no1. The summed E-state index contributed by atoms with van der Waals surface area (Å²) in [7, 11) is 0. The third-order valence-corrected chi connectivity index (χ3v) is 1.31. The van der Waals surface area contributed by atoms with Crippen molar-refractivity contribution in [1.29, 1.82) is 0 Å². The Morgan fingerprint density at radius 2 is 2.42 bits per heavy atom. The molecular weight excluding hydrogens is 158 g/mol. The summed E-state index contributed by atoms with van der Waals surface area (Å²) in [5, 5.41) is 3.71. The lowest BCUT2D eigenvalue weighted by molar-refractivity contribution is 0.120. The van der Waals surface area contributed by atoms with Crippen LogP contribution in [0.3, 0.4) is 0 Å². The van der Waals surface area contributed by atoms with Crippen molar-refractivity contribution in [3.63, 3.8) is 0 Å². The number of aryl methyl sites for hydroxylation is 1. The van der Waals surface area contributed by atoms with E-state index in [2.05, 4.69) is 10.1 Å². The lowest BCUT2D eigenvalue weighted by atomic mass is 10.5. The summed E-state index contributed by atoms with van der Waals surface area (Å²) < 4.78 is 9.99. The molecule has 0 aliphatic carbocycles. The molecule has 0 radical (unpaired) electrons. The molecule has 0 spiro atoms. The fourth-order valence-electron chi connectivity index (χ4n) is 0.739. The van der Waals surface area contributed by atoms with E-state index in [9.17, 15) is 0 Å². The maximum atomic E-state index is 5.23. The zero-order valence-corrected chi connectivity index (χ0v) is 7.12. The Kier molecular flexibility index (Phi) is 3.69. The maximum Gasteiger partial charge on any atom is 0.226 e. The van der Waals surface area contributed by atoms with Gasteiger partial charge in [-0.25, -0.2) is 0 Å². The molecule has 5 heteroatoms. The summed E-state index contributed by atoms with van der Waals surface area (Å²) in [5.74, 6) is 1.22. The van der Waals surface area contributed by atoms with Gasteiger partial charge in [-0.2, -0.15) is 4.98 Å². The predicted molar refractivity (Wildman–Crippen MR) is 42.4 cm³/mol. The van der Waals surface area contributed by atoms with Crippen molar-refractivity contribution in [3.8, 4) is 0 Å². The minimum Gasteiger partial charge on any atom is -0.372 e. The normalized spacial score (nSPS) is 10.5. The number of hydrogen-bond donors (Lipinski definition) is 1. The van der Waals surface area contributed by atoms with Gasteiger partial charge in [0.25, 0.3) is 0 Å². The van der Waals surface area contributed by atoms with Gasteiger partial charge in [0.05, 0.1) is 6.61 Å². The van der Waals surface area contributed by atoms with Crippen LogP contribution in [0.15, 0.2) is 4.52 Å². The van der Waals surface area contributed by atoms with Crippen LogP contribution in [0.2, 0.25) is 0 Å². The fraction of sp³-hybridized carbons (Fsp3) is 0.714. The van der Waals surface area contributed by atoms with Gasteiger partial charge in [-0.05, 0) is 0 Å². The third-order valence-electron chi connectivity index (χ3n) is 1.31. The van der Waals surface area contributed by atoms with Crippen LogP contribution < -0.4 is 5.73 Å². The van der Waals surface area contributed by atoms with Gasteiger partial charge in [-0.3, -0.25) is 0 Å². The van der Waals surface area contributed by atoms with Gasteiger partial charge in [0.2, 0.25) is 5.89 Å². The second-order valence-electron chi connectivity index (χ2n) is 2.30. The summed E-state index contributed by atoms with van der Waals surface area (Å²) in [5.41, 5.74) is 5.23. The smallest absolute Gasteiger partial charge is 0.226 e. The topological polar surface area (TPSA) is 74.2 Å². The summed E-state index contributed by atoms with van der Waals surface area (Å²) in [6, 6.07) is 0. The highest BCUT2D eigenvalue weighted by Crippen LogP contribution is 1.98. The summed E-state index contributed by atoms with van der Waals surface area (Å²) in [6.07, 6.45) is 0.754. The van der Waals surface area contributed by atoms with E-state index >= 15 is 0 Å². The molecular formula is C7H13N3O2. The van der Waals surface area contributed by atoms with Crippen LogP contribution in [0.4, 0.5) is 0 Å². The number of nitrogens with zero attached hydrogens (tertiary/aromatic N) is 2. The standard InChI is InChI=1S/C7H13N3O2/c1-2-7-9-6(10-12-7)5-11-4-3-8/h2-5,8H2,1H3. The quantitative estimate of drug-likeness (QED) is 0.636. The largest absolute Gasteiger partial charge is 0.372 e. The molecule has 1 aromatic heterocycles. The highest BCUT2D eigenvalue weighted by Gasteiger charge is 2.02. The zero-order chi connectivity index (χ0) is 8.81. The van der Waals surface area contributed by atoms with Gasteiger partial charge < -0.3 is 15.0 Å². The molecule has 2 N–H and O–H groups in total. The first kappa shape index (κ1) is 9.15. The number of ether oxygens (including phenoxy) is 1. The van der Waals surface area contributed by atoms with E-state index in [1.165, 1.54) is 0 Å². The van der Waals surface area contributed by atoms with Crippen LogP contribution in [0.5, 0.6) is 0 Å². The Bertz CT molecular complexity index is 224. The fourth-order valence-corrected chi connectivity index (χ4v) is 0.739. The van der Waals surface area contributed by atoms with Gasteiger partial charge in [0, 0.05) is 13.0 Å². The van der Waals surface area contributed by atoms with Gasteiger partial charge in [-0.1, -0.05) is 12.1 Å². The van der Waals surface area contributed by atoms with E-state index in [-0.39, 0.29) is 0 Å². The molecule has 0 saturated carbocycles. The summed E-state index contributed by atoms with van der Waals surface area (Å²) in [4.78, 5) is 4.06. The lowest BCUT2D eigenvalue weighted by Gasteiger charge is -1.95. The van der Waals surface area contributed by atoms with Crippen molar-refractivity contribution >= 4 is 0 Å². The van der Waals surface area contributed by atoms with Crippen molar-refractivity contribution in [1.82, 2.24) is 10.1 Å². The molecule has 0 unspecified atom stereocenters. The minimum absolute atomic E-state index is 0.376. The minimum atomic E-state index is 0.376. The molecule has 12 heavy (non-hydrogen) atoms. The Labute approximate surface area is 70.9 Å². The zero-order valence-electron chi connectivity index (χ0n) is 7.12. The molecule has 1 aromatic rings. The van der Waals surface area contributed by atoms with Crippen molar-refractivity contribution in [3.05, 3.63) is 11.7 Å². The van der Waals surface area contributed by atoms with Crippen LogP contribution in [0.25, 0.3) is 0 Å². The first-order valence-electron chi connectivity index (χ1n) is 3.96. The monoisotopic (exact) mass is 171 g/mol. The first-order valence-corrected chi connectivity index (χ1v) is 3.96. The number of hydrogen-bond acceptors (Lipinski definition) is 5. The molecule has 5 nitrogen and oxygen atoms in total.